The molecule has 4 bridgehead atoms. The predicted molar refractivity (Wildman–Crippen MR) is 114 cm³/mol. The number of aromatic hydroxyl groups is 1. The van der Waals surface area contributed by atoms with E-state index in [4.69, 9.17) is 9.47 Å². The number of hydrogen-bond acceptors (Lipinski definition) is 5. The molecule has 5 nitrogen and oxygen atoms in total. The number of fused-ring (bicyclic) bond motifs is 1. The van der Waals surface area contributed by atoms with Gasteiger partial charge in [-0.25, -0.2) is 0 Å². The van der Waals surface area contributed by atoms with E-state index in [0.717, 1.165) is 45.1 Å². The third kappa shape index (κ3) is 1.92. The molecule has 2 aliphatic heterocycles. The summed E-state index contributed by atoms with van der Waals surface area (Å²) in [6.07, 6.45) is 10.7. The van der Waals surface area contributed by atoms with Crippen molar-refractivity contribution in [1.29, 1.82) is 0 Å². The summed E-state index contributed by atoms with van der Waals surface area (Å²) >= 11 is 0. The van der Waals surface area contributed by atoms with Gasteiger partial charge in [-0.3, -0.25) is 0 Å². The summed E-state index contributed by atoms with van der Waals surface area (Å²) in [6, 6.07) is 4.23. The molecule has 0 radical (unpaired) electrons. The highest BCUT2D eigenvalue weighted by atomic mass is 16.6. The maximum Gasteiger partial charge on any atom is 0.165 e. The minimum atomic E-state index is -0.579. The molecule has 1 unspecified atom stereocenters. The Labute approximate surface area is 178 Å². The smallest absolute Gasteiger partial charge is 0.165 e. The largest absolute Gasteiger partial charge is 0.504 e. The van der Waals surface area contributed by atoms with Crippen molar-refractivity contribution in [2.24, 2.45) is 17.3 Å². The Bertz CT molecular complexity index is 915. The summed E-state index contributed by atoms with van der Waals surface area (Å²) in [7, 11) is 1.80. The number of aliphatic hydroxyl groups excluding tert-OH is 1. The minimum absolute atomic E-state index is 0.0630. The van der Waals surface area contributed by atoms with Gasteiger partial charge < -0.3 is 25.0 Å². The SMILES string of the molecule is CCCCC(CO)[C@@H]1C[C@@]23C=C[C@]1(OC)[C@@H]1Oc4c(O)ccc5c4[C@@]12CCN[C@@H]3C5. The molecule has 1 aromatic rings. The Morgan fingerprint density at radius 3 is 2.97 bits per heavy atom. The van der Waals surface area contributed by atoms with Crippen LogP contribution in [0.1, 0.15) is 50.2 Å². The van der Waals surface area contributed by atoms with Gasteiger partial charge in [-0.15, -0.1) is 0 Å². The molecule has 1 saturated carbocycles. The van der Waals surface area contributed by atoms with Gasteiger partial charge in [0.25, 0.3) is 0 Å². The van der Waals surface area contributed by atoms with Crippen molar-refractivity contribution in [2.75, 3.05) is 20.3 Å². The van der Waals surface area contributed by atoms with Gasteiger partial charge in [-0.1, -0.05) is 38.0 Å². The van der Waals surface area contributed by atoms with Crippen LogP contribution in [-0.2, 0) is 16.6 Å². The number of aliphatic hydroxyl groups is 1. The second-order valence-electron chi connectivity index (χ2n) is 10.2. The first-order valence-corrected chi connectivity index (χ1v) is 11.7. The molecule has 162 valence electrons. The Morgan fingerprint density at radius 1 is 1.33 bits per heavy atom. The van der Waals surface area contributed by atoms with Crippen LogP contribution in [0.3, 0.4) is 0 Å². The first-order valence-electron chi connectivity index (χ1n) is 11.7. The lowest BCUT2D eigenvalue weighted by Crippen LogP contribution is -2.79. The third-order valence-electron chi connectivity index (χ3n) is 9.41. The second-order valence-corrected chi connectivity index (χ2v) is 10.2. The van der Waals surface area contributed by atoms with Crippen LogP contribution in [0.5, 0.6) is 11.5 Å². The van der Waals surface area contributed by atoms with Gasteiger partial charge in [0.1, 0.15) is 11.7 Å². The number of nitrogens with one attached hydrogen (secondary N) is 1. The monoisotopic (exact) mass is 411 g/mol. The molecule has 4 aliphatic carbocycles. The van der Waals surface area contributed by atoms with Crippen LogP contribution in [0.15, 0.2) is 24.3 Å². The highest BCUT2D eigenvalue weighted by Crippen LogP contribution is 2.74. The summed E-state index contributed by atoms with van der Waals surface area (Å²) in [5.41, 5.74) is 1.73. The maximum absolute atomic E-state index is 10.7. The summed E-state index contributed by atoms with van der Waals surface area (Å²) in [6.45, 7) is 3.34. The van der Waals surface area contributed by atoms with Crippen molar-refractivity contribution in [3.63, 3.8) is 0 Å². The Hall–Kier alpha value is -1.56. The van der Waals surface area contributed by atoms with Gasteiger partial charge in [-0.2, -0.15) is 0 Å². The topological polar surface area (TPSA) is 71.0 Å². The predicted octanol–water partition coefficient (Wildman–Crippen LogP) is 3.07. The quantitative estimate of drug-likeness (QED) is 0.628. The van der Waals surface area contributed by atoms with Gasteiger partial charge in [-0.05, 0) is 49.8 Å². The highest BCUT2D eigenvalue weighted by Gasteiger charge is 2.78. The van der Waals surface area contributed by atoms with Crippen LogP contribution in [0.2, 0.25) is 0 Å². The van der Waals surface area contributed by atoms with Crippen molar-refractivity contribution in [3.8, 4) is 11.5 Å². The molecule has 0 aromatic heterocycles. The average Bonchev–Trinajstić information content (AvgIpc) is 3.12. The molecule has 0 amide bonds. The molecular formula is C25H33NO4. The fourth-order valence-corrected chi connectivity index (χ4v) is 8.21. The van der Waals surface area contributed by atoms with E-state index >= 15 is 0 Å². The lowest BCUT2D eigenvalue weighted by atomic mass is 9.36. The Balaban J connectivity index is 1.58. The lowest BCUT2D eigenvalue weighted by molar-refractivity contribution is -0.214. The number of unbranched alkanes of at least 4 members (excludes halogenated alkanes) is 1. The molecule has 7 rings (SSSR count). The van der Waals surface area contributed by atoms with Crippen LogP contribution in [0.4, 0.5) is 0 Å². The number of hydrogen-bond donors (Lipinski definition) is 3. The number of phenolic OH excluding ortho intramolecular Hbond substituents is 1. The summed E-state index contributed by atoms with van der Waals surface area (Å²) < 4.78 is 13.1. The van der Waals surface area contributed by atoms with Crippen molar-refractivity contribution in [2.45, 2.75) is 68.6 Å². The number of methoxy groups -OCH3 is 1. The summed E-state index contributed by atoms with van der Waals surface area (Å²) in [4.78, 5) is 0. The van der Waals surface area contributed by atoms with Crippen LogP contribution >= 0.6 is 0 Å². The van der Waals surface area contributed by atoms with Crippen LogP contribution in [0, 0.1) is 17.3 Å². The molecule has 3 N–H and O–H groups in total. The maximum atomic E-state index is 10.7. The zero-order valence-corrected chi connectivity index (χ0v) is 18.0. The van der Waals surface area contributed by atoms with E-state index in [2.05, 4.69) is 30.5 Å². The van der Waals surface area contributed by atoms with E-state index in [1.54, 1.807) is 13.2 Å². The van der Waals surface area contributed by atoms with Crippen molar-refractivity contribution in [3.05, 3.63) is 35.4 Å². The van der Waals surface area contributed by atoms with E-state index in [1.165, 1.54) is 11.1 Å². The Morgan fingerprint density at radius 2 is 2.20 bits per heavy atom. The zero-order chi connectivity index (χ0) is 20.7. The number of piperidine rings is 1. The van der Waals surface area contributed by atoms with Crippen LogP contribution in [0.25, 0.3) is 0 Å². The molecule has 6 aliphatic rings. The molecule has 5 heteroatoms. The molecule has 1 saturated heterocycles. The summed E-state index contributed by atoms with van der Waals surface area (Å²) in [5.74, 6) is 1.31. The van der Waals surface area contributed by atoms with Crippen LogP contribution < -0.4 is 10.1 Å². The fourth-order valence-electron chi connectivity index (χ4n) is 8.21. The van der Waals surface area contributed by atoms with Crippen molar-refractivity contribution < 1.29 is 19.7 Å². The highest BCUT2D eigenvalue weighted by molar-refractivity contribution is 5.65. The first kappa shape index (κ1) is 19.1. The molecule has 30 heavy (non-hydrogen) atoms. The van der Waals surface area contributed by atoms with Crippen molar-refractivity contribution >= 4 is 0 Å². The standard InChI is InChI=1S/C25H33NO4/c1-3-4-5-16(14-27)17-13-23-8-9-25(17,29-2)22-24(23)10-11-26-19(23)12-15-6-7-18(28)21(30-22)20(15)24/h6-9,16-17,19,22,26-28H,3-5,10-14H2,1-2H3/t16?,17-,19+,22+,23+,24-,25+/m0/s1. The fraction of sp³-hybridized carbons (Fsp3) is 0.680. The number of rotatable bonds is 6. The van der Waals surface area contributed by atoms with Gasteiger partial charge in [0.05, 0.1) is 5.41 Å². The minimum Gasteiger partial charge on any atom is -0.504 e. The van der Waals surface area contributed by atoms with E-state index in [-0.39, 0.29) is 41.1 Å². The van der Waals surface area contributed by atoms with E-state index in [0.29, 0.717) is 11.8 Å². The lowest BCUT2D eigenvalue weighted by Gasteiger charge is -2.70. The van der Waals surface area contributed by atoms with Gasteiger partial charge in [0.2, 0.25) is 0 Å². The van der Waals surface area contributed by atoms with E-state index in [9.17, 15) is 10.2 Å². The van der Waals surface area contributed by atoms with Crippen molar-refractivity contribution in [1.82, 2.24) is 5.32 Å². The molecular weight excluding hydrogens is 378 g/mol. The molecule has 2 fully saturated rings. The number of phenols is 1. The molecule has 1 aromatic carbocycles. The van der Waals surface area contributed by atoms with Gasteiger partial charge in [0, 0.05) is 36.7 Å². The molecule has 2 heterocycles. The van der Waals surface area contributed by atoms with Gasteiger partial charge in [0.15, 0.2) is 11.5 Å². The normalized spacial score (nSPS) is 42.7. The van der Waals surface area contributed by atoms with Crippen LogP contribution in [-0.4, -0.2) is 48.2 Å². The number of benzene rings is 1. The molecule has 7 atom stereocenters. The average molecular weight is 412 g/mol. The number of ether oxygens (including phenoxy) is 2. The third-order valence-corrected chi connectivity index (χ3v) is 9.41. The Kier molecular flexibility index (Phi) is 3.98. The van der Waals surface area contributed by atoms with E-state index in [1.807, 2.05) is 0 Å². The van der Waals surface area contributed by atoms with Gasteiger partial charge >= 0.3 is 0 Å². The van der Waals surface area contributed by atoms with E-state index < -0.39 is 5.60 Å². The summed E-state index contributed by atoms with van der Waals surface area (Å²) in [5, 5.41) is 25.0. The first-order chi connectivity index (χ1) is 14.6. The zero-order valence-electron chi connectivity index (χ0n) is 18.0. The second kappa shape index (κ2) is 6.24. The molecule has 2 spiro atoms.